The average molecular weight is 557 g/mol. The summed E-state index contributed by atoms with van der Waals surface area (Å²) in [5.41, 5.74) is 1.92. The molecule has 1 atom stereocenters. The predicted octanol–water partition coefficient (Wildman–Crippen LogP) is 6.60. The summed E-state index contributed by atoms with van der Waals surface area (Å²) < 4.78 is 63.1. The van der Waals surface area contributed by atoms with Gasteiger partial charge in [-0.25, -0.2) is 8.42 Å². The maximum atomic E-state index is 13.0. The molecule has 1 aliphatic heterocycles. The van der Waals surface area contributed by atoms with Gasteiger partial charge in [-0.05, 0) is 66.8 Å². The monoisotopic (exact) mass is 556 g/mol. The van der Waals surface area contributed by atoms with E-state index in [4.69, 9.17) is 0 Å². The molecule has 2 heterocycles. The van der Waals surface area contributed by atoms with Gasteiger partial charge in [0.15, 0.2) is 9.84 Å². The Hall–Kier alpha value is -1.91. The Bertz CT molecular complexity index is 1200. The lowest BCUT2D eigenvalue weighted by Crippen LogP contribution is -2.35. The van der Waals surface area contributed by atoms with Crippen LogP contribution in [0, 0.1) is 17.8 Å². The molecule has 4 rings (SSSR count). The number of alkyl halides is 3. The highest BCUT2D eigenvalue weighted by Gasteiger charge is 2.42. The highest BCUT2D eigenvalue weighted by molar-refractivity contribution is 7.91. The fraction of sp³-hybridized carbons (Fsp3) is 0.593. The minimum Gasteiger partial charge on any atom is -0.317 e. The van der Waals surface area contributed by atoms with Gasteiger partial charge in [0.1, 0.15) is 0 Å². The highest BCUT2D eigenvalue weighted by atomic mass is 32.2. The number of hydrogen-bond acceptors (Lipinski definition) is 5. The molecular formula is C27H35F3N2O3S2. The molecule has 1 amide bonds. The molecule has 1 saturated carbocycles. The van der Waals surface area contributed by atoms with E-state index in [1.165, 1.54) is 10.4 Å². The Morgan fingerprint density at radius 1 is 1.14 bits per heavy atom. The van der Waals surface area contributed by atoms with Gasteiger partial charge in [-0.15, -0.1) is 11.3 Å². The van der Waals surface area contributed by atoms with Gasteiger partial charge in [-0.3, -0.25) is 9.69 Å². The average Bonchev–Trinajstić information content (AvgIpc) is 3.35. The van der Waals surface area contributed by atoms with Gasteiger partial charge in [0.05, 0.1) is 28.0 Å². The molecule has 1 aromatic carbocycles. The van der Waals surface area contributed by atoms with Crippen molar-refractivity contribution in [2.75, 3.05) is 17.6 Å². The number of carbonyl (C=O) groups excluding carboxylic acids is 1. The van der Waals surface area contributed by atoms with E-state index in [9.17, 15) is 26.4 Å². The largest absolute Gasteiger partial charge is 0.391 e. The van der Waals surface area contributed by atoms with Crippen molar-refractivity contribution in [3.05, 3.63) is 46.3 Å². The van der Waals surface area contributed by atoms with Crippen molar-refractivity contribution in [3.63, 3.8) is 0 Å². The molecule has 0 bridgehead atoms. The van der Waals surface area contributed by atoms with Crippen LogP contribution < -0.4 is 5.32 Å². The molecule has 2 aromatic rings. The Balaban J connectivity index is 1.35. The number of anilines is 1. The molecule has 0 saturated heterocycles. The molecule has 1 aromatic heterocycles. The van der Waals surface area contributed by atoms with Crippen molar-refractivity contribution in [3.8, 4) is 0 Å². The van der Waals surface area contributed by atoms with Crippen LogP contribution >= 0.6 is 11.3 Å². The zero-order chi connectivity index (χ0) is 27.0. The van der Waals surface area contributed by atoms with Crippen LogP contribution in [0.5, 0.6) is 0 Å². The lowest BCUT2D eigenvalue weighted by molar-refractivity contribution is -0.184. The van der Waals surface area contributed by atoms with Gasteiger partial charge in [0.25, 0.3) is 0 Å². The Kier molecular flexibility index (Phi) is 8.40. The molecule has 1 fully saturated rings. The van der Waals surface area contributed by atoms with Crippen molar-refractivity contribution in [1.82, 2.24) is 4.90 Å². The van der Waals surface area contributed by atoms with Gasteiger partial charge in [-0.2, -0.15) is 13.2 Å². The van der Waals surface area contributed by atoms with E-state index in [-0.39, 0.29) is 47.8 Å². The molecule has 37 heavy (non-hydrogen) atoms. The summed E-state index contributed by atoms with van der Waals surface area (Å²) in [7, 11) is -3.27. The number of benzene rings is 1. The molecule has 1 unspecified atom stereocenters. The van der Waals surface area contributed by atoms with Gasteiger partial charge < -0.3 is 5.32 Å². The van der Waals surface area contributed by atoms with Crippen LogP contribution in [0.1, 0.15) is 68.5 Å². The molecular weight excluding hydrogens is 521 g/mol. The molecule has 2 aliphatic rings. The van der Waals surface area contributed by atoms with E-state index in [2.05, 4.69) is 24.1 Å². The smallest absolute Gasteiger partial charge is 0.317 e. The van der Waals surface area contributed by atoms with Crippen LogP contribution in [0.15, 0.2) is 35.2 Å². The summed E-state index contributed by atoms with van der Waals surface area (Å²) in [4.78, 5) is 16.6. The lowest BCUT2D eigenvalue weighted by Gasteiger charge is -2.35. The van der Waals surface area contributed by atoms with E-state index in [0.29, 0.717) is 18.8 Å². The zero-order valence-electron chi connectivity index (χ0n) is 21.5. The number of nitrogens with one attached hydrogen (secondary N) is 1. The molecule has 5 nitrogen and oxygen atoms in total. The fourth-order valence-electron chi connectivity index (χ4n) is 5.62. The molecule has 0 radical (unpaired) electrons. The zero-order valence-corrected chi connectivity index (χ0v) is 23.1. The van der Waals surface area contributed by atoms with E-state index in [1.807, 2.05) is 6.07 Å². The Morgan fingerprint density at radius 3 is 2.35 bits per heavy atom. The predicted molar refractivity (Wildman–Crippen MR) is 140 cm³/mol. The number of halogens is 3. The van der Waals surface area contributed by atoms with E-state index >= 15 is 0 Å². The second-order valence-corrected chi connectivity index (χ2v) is 14.0. The number of amides is 1. The van der Waals surface area contributed by atoms with Gasteiger partial charge in [0.2, 0.25) is 5.91 Å². The third-order valence-electron chi connectivity index (χ3n) is 7.60. The van der Waals surface area contributed by atoms with Gasteiger partial charge in [0, 0.05) is 24.0 Å². The number of nitrogens with zero attached hydrogens (tertiary/aromatic N) is 1. The summed E-state index contributed by atoms with van der Waals surface area (Å²) in [6.45, 7) is 7.47. The molecule has 204 valence electrons. The van der Waals surface area contributed by atoms with E-state index in [1.54, 1.807) is 42.5 Å². The number of carbonyl (C=O) groups is 1. The van der Waals surface area contributed by atoms with Gasteiger partial charge in [-0.1, -0.05) is 32.9 Å². The van der Waals surface area contributed by atoms with Crippen LogP contribution in [0.2, 0.25) is 0 Å². The first-order valence-electron chi connectivity index (χ1n) is 12.9. The van der Waals surface area contributed by atoms with E-state index in [0.717, 1.165) is 23.7 Å². The topological polar surface area (TPSA) is 66.5 Å². The molecule has 0 spiro atoms. The van der Waals surface area contributed by atoms with Gasteiger partial charge >= 0.3 is 6.18 Å². The van der Waals surface area contributed by atoms with E-state index < -0.39 is 21.9 Å². The molecule has 1 N–H and O–H groups in total. The summed E-state index contributed by atoms with van der Waals surface area (Å²) in [5.74, 6) is -0.660. The minimum absolute atomic E-state index is 0.0316. The minimum atomic E-state index is -4.08. The SMILES string of the molecule is CCS(=O)(=O)c1ccc(CC(=O)Nc2cc3c(s2)C(C(C)C)N(CC2CCC(C(F)(F)F)CC2)C3)cc1. The quantitative estimate of drug-likeness (QED) is 0.398. The first-order valence-corrected chi connectivity index (χ1v) is 15.4. The van der Waals surface area contributed by atoms with Crippen molar-refractivity contribution >= 4 is 32.1 Å². The molecule has 1 aliphatic carbocycles. The third kappa shape index (κ3) is 6.57. The van der Waals surface area contributed by atoms with Crippen LogP contribution in [0.25, 0.3) is 0 Å². The Morgan fingerprint density at radius 2 is 1.78 bits per heavy atom. The Labute approximate surface area is 221 Å². The molecule has 10 heteroatoms. The highest BCUT2D eigenvalue weighted by Crippen LogP contribution is 2.47. The van der Waals surface area contributed by atoms with Crippen LogP contribution in [0.3, 0.4) is 0 Å². The summed E-state index contributed by atoms with van der Waals surface area (Å²) in [5, 5.41) is 3.77. The summed E-state index contributed by atoms with van der Waals surface area (Å²) >= 11 is 1.57. The van der Waals surface area contributed by atoms with Crippen molar-refractivity contribution in [2.24, 2.45) is 17.8 Å². The normalized spacial score (nSPS) is 22.8. The number of hydrogen-bond donors (Lipinski definition) is 1. The maximum Gasteiger partial charge on any atom is 0.391 e. The summed E-state index contributed by atoms with van der Waals surface area (Å²) in [6.07, 6.45) is -2.25. The first kappa shape index (κ1) is 28.1. The van der Waals surface area contributed by atoms with Crippen LogP contribution in [-0.2, 0) is 27.6 Å². The standard InChI is InChI=1S/C27H35F3N2O3S2/c1-4-37(34,35)22-11-7-18(8-12-22)13-23(33)31-24-14-20-16-32(25(17(2)3)26(20)36-24)15-19-5-9-21(10-6-19)27(28,29)30/h7-8,11-12,14,17,19,21,25H,4-6,9-10,13,15-16H2,1-3H3,(H,31,33). The maximum absolute atomic E-state index is 13.0. The fourth-order valence-corrected chi connectivity index (χ4v) is 7.90. The number of sulfone groups is 1. The first-order chi connectivity index (χ1) is 17.4. The third-order valence-corrected chi connectivity index (χ3v) is 10.5. The van der Waals surface area contributed by atoms with Crippen LogP contribution in [-0.4, -0.2) is 37.7 Å². The second-order valence-electron chi connectivity index (χ2n) is 10.7. The second kappa shape index (κ2) is 11.1. The van der Waals surface area contributed by atoms with Crippen molar-refractivity contribution in [2.45, 2.75) is 76.5 Å². The van der Waals surface area contributed by atoms with Crippen LogP contribution in [0.4, 0.5) is 18.2 Å². The number of rotatable bonds is 8. The van der Waals surface area contributed by atoms with Crippen molar-refractivity contribution < 1.29 is 26.4 Å². The number of thiophene rings is 1. The summed E-state index contributed by atoms with van der Waals surface area (Å²) in [6, 6.07) is 8.64. The van der Waals surface area contributed by atoms with Crippen molar-refractivity contribution in [1.29, 1.82) is 0 Å². The number of fused-ring (bicyclic) bond motifs is 1. The lowest BCUT2D eigenvalue weighted by atomic mass is 9.81.